The van der Waals surface area contributed by atoms with Gasteiger partial charge in [-0.2, -0.15) is 0 Å². The third kappa shape index (κ3) is 4.71. The van der Waals surface area contributed by atoms with Crippen molar-refractivity contribution in [1.29, 1.82) is 0 Å². The first kappa shape index (κ1) is 22.8. The molecule has 0 radical (unpaired) electrons. The highest BCUT2D eigenvalue weighted by Crippen LogP contribution is 2.38. The first-order valence-electron chi connectivity index (χ1n) is 10.4. The van der Waals surface area contributed by atoms with Crippen LogP contribution in [0.5, 0.6) is 0 Å². The molecule has 6 atom stereocenters. The van der Waals surface area contributed by atoms with E-state index in [1.165, 1.54) is 6.08 Å². The Bertz CT molecular complexity index is 832. The van der Waals surface area contributed by atoms with Crippen molar-refractivity contribution in [3.05, 3.63) is 57.6 Å². The quantitative estimate of drug-likeness (QED) is 0.368. The highest BCUT2D eigenvalue weighted by atomic mass is 16.4. The second-order valence-corrected chi connectivity index (χ2v) is 8.77. The smallest absolute Gasteiger partial charge is 0.136 e. The predicted octanol–water partition coefficient (Wildman–Crippen LogP) is 1.84. The Balaban J connectivity index is 1.85. The lowest BCUT2D eigenvalue weighted by Crippen LogP contribution is -2.36. The van der Waals surface area contributed by atoms with Crippen LogP contribution in [0.2, 0.25) is 0 Å². The third-order valence-corrected chi connectivity index (χ3v) is 6.16. The molecule has 0 aromatic carbocycles. The second kappa shape index (κ2) is 9.08. The molecule has 0 aliphatic heterocycles. The fourth-order valence-electron chi connectivity index (χ4n) is 4.50. The summed E-state index contributed by atoms with van der Waals surface area (Å²) >= 11 is 0. The zero-order valence-corrected chi connectivity index (χ0v) is 17.4. The van der Waals surface area contributed by atoms with Crippen molar-refractivity contribution in [2.24, 2.45) is 5.92 Å². The molecule has 166 valence electrons. The molecule has 0 aromatic rings. The van der Waals surface area contributed by atoms with E-state index in [-0.39, 0.29) is 30.3 Å². The predicted molar refractivity (Wildman–Crippen MR) is 112 cm³/mol. The van der Waals surface area contributed by atoms with Gasteiger partial charge in [0, 0.05) is 6.42 Å². The van der Waals surface area contributed by atoms with Crippen LogP contribution < -0.4 is 0 Å². The molecule has 0 saturated heterocycles. The van der Waals surface area contributed by atoms with Gasteiger partial charge in [0.1, 0.15) is 35.9 Å². The van der Waals surface area contributed by atoms with Crippen LogP contribution in [0.25, 0.3) is 0 Å². The zero-order chi connectivity index (χ0) is 22.2. The summed E-state index contributed by atoms with van der Waals surface area (Å²) in [6.07, 6.45) is 0.928. The van der Waals surface area contributed by atoms with Crippen LogP contribution in [-0.4, -0.2) is 66.3 Å². The highest BCUT2D eigenvalue weighted by molar-refractivity contribution is 5.42. The molecule has 0 heterocycles. The average Bonchev–Trinajstić information content (AvgIpc) is 2.77. The van der Waals surface area contributed by atoms with Crippen molar-refractivity contribution in [2.75, 3.05) is 0 Å². The van der Waals surface area contributed by atoms with E-state index in [1.54, 1.807) is 13.0 Å². The summed E-state index contributed by atoms with van der Waals surface area (Å²) in [5, 5.41) is 71.3. The Morgan fingerprint density at radius 1 is 0.933 bits per heavy atom. The third-order valence-electron chi connectivity index (χ3n) is 6.16. The number of aliphatic hydroxyl groups is 7. The molecule has 3 rings (SSSR count). The van der Waals surface area contributed by atoms with Crippen LogP contribution in [0.3, 0.4) is 0 Å². The van der Waals surface area contributed by atoms with Gasteiger partial charge in [0.05, 0.1) is 6.10 Å². The summed E-state index contributed by atoms with van der Waals surface area (Å²) in [7, 11) is 0. The van der Waals surface area contributed by atoms with E-state index in [4.69, 9.17) is 0 Å². The van der Waals surface area contributed by atoms with Crippen LogP contribution in [0, 0.1) is 5.92 Å². The van der Waals surface area contributed by atoms with Crippen LogP contribution in [-0.2, 0) is 0 Å². The topological polar surface area (TPSA) is 142 Å². The lowest BCUT2D eigenvalue weighted by atomic mass is 9.81. The number of hydrogen-bond donors (Lipinski definition) is 7. The van der Waals surface area contributed by atoms with Crippen LogP contribution >= 0.6 is 0 Å². The van der Waals surface area contributed by atoms with Crippen molar-refractivity contribution in [3.63, 3.8) is 0 Å². The van der Waals surface area contributed by atoms with Gasteiger partial charge in [-0.1, -0.05) is 30.7 Å². The van der Waals surface area contributed by atoms with Gasteiger partial charge in [0.25, 0.3) is 0 Å². The van der Waals surface area contributed by atoms with E-state index in [0.29, 0.717) is 41.6 Å². The maximum Gasteiger partial charge on any atom is 0.136 e. The van der Waals surface area contributed by atoms with E-state index in [9.17, 15) is 35.7 Å². The molecule has 3 aliphatic rings. The van der Waals surface area contributed by atoms with Crippen molar-refractivity contribution in [2.45, 2.75) is 76.5 Å². The molecule has 0 bridgehead atoms. The molecule has 0 spiro atoms. The fourth-order valence-corrected chi connectivity index (χ4v) is 4.50. The van der Waals surface area contributed by atoms with Gasteiger partial charge in [-0.25, -0.2) is 0 Å². The van der Waals surface area contributed by atoms with E-state index >= 15 is 0 Å². The van der Waals surface area contributed by atoms with Gasteiger partial charge in [-0.15, -0.1) is 0 Å². The Hall–Kier alpha value is -1.90. The van der Waals surface area contributed by atoms with Gasteiger partial charge < -0.3 is 35.7 Å². The van der Waals surface area contributed by atoms with Crippen molar-refractivity contribution < 1.29 is 35.7 Å². The highest BCUT2D eigenvalue weighted by Gasteiger charge is 2.32. The Kier molecular flexibility index (Phi) is 6.89. The number of aliphatic hydroxyl groups excluding tert-OH is 7. The summed E-state index contributed by atoms with van der Waals surface area (Å²) < 4.78 is 0. The minimum atomic E-state index is -1.34. The van der Waals surface area contributed by atoms with E-state index in [1.807, 2.05) is 13.0 Å². The summed E-state index contributed by atoms with van der Waals surface area (Å²) in [6.45, 7) is 3.77. The van der Waals surface area contributed by atoms with Crippen molar-refractivity contribution in [1.82, 2.24) is 0 Å². The Morgan fingerprint density at radius 2 is 1.63 bits per heavy atom. The summed E-state index contributed by atoms with van der Waals surface area (Å²) in [5.74, 6) is -0.0338. The van der Waals surface area contributed by atoms with E-state index in [0.717, 1.165) is 5.57 Å². The molecule has 0 amide bonds. The second-order valence-electron chi connectivity index (χ2n) is 8.77. The van der Waals surface area contributed by atoms with Crippen LogP contribution in [0.4, 0.5) is 0 Å². The van der Waals surface area contributed by atoms with Gasteiger partial charge in [0.15, 0.2) is 0 Å². The molecule has 0 fully saturated rings. The fraction of sp³-hybridized carbons (Fsp3) is 0.565. The van der Waals surface area contributed by atoms with Crippen molar-refractivity contribution >= 4 is 0 Å². The number of allylic oxidation sites excluding steroid dienone is 6. The van der Waals surface area contributed by atoms with Crippen LogP contribution in [0.1, 0.15) is 46.0 Å². The minimum Gasteiger partial charge on any atom is -0.509 e. The van der Waals surface area contributed by atoms with E-state index in [2.05, 4.69) is 0 Å². The maximum atomic E-state index is 10.9. The molecule has 7 N–H and O–H groups in total. The molecular weight excluding hydrogens is 388 g/mol. The number of hydrogen-bond acceptors (Lipinski definition) is 7. The summed E-state index contributed by atoms with van der Waals surface area (Å²) in [6, 6.07) is 0. The molecule has 30 heavy (non-hydrogen) atoms. The molecule has 0 aromatic heterocycles. The SMILES string of the molecule is CC1=CC(O)C(O)C(O)C(CC2=C(O)C(CC3=C(O)C(O)C(O)CC3)=CC(C)C2)=C1. The van der Waals surface area contributed by atoms with Crippen LogP contribution in [0.15, 0.2) is 57.6 Å². The van der Waals surface area contributed by atoms with Gasteiger partial charge in [-0.3, -0.25) is 0 Å². The minimum absolute atomic E-state index is 0.0861. The molecule has 3 aliphatic carbocycles. The maximum absolute atomic E-state index is 10.9. The average molecular weight is 421 g/mol. The monoisotopic (exact) mass is 420 g/mol. The summed E-state index contributed by atoms with van der Waals surface area (Å²) in [4.78, 5) is 0. The largest absolute Gasteiger partial charge is 0.509 e. The molecular formula is C23H32O7. The van der Waals surface area contributed by atoms with Gasteiger partial charge in [0.2, 0.25) is 0 Å². The van der Waals surface area contributed by atoms with Crippen molar-refractivity contribution in [3.8, 4) is 0 Å². The van der Waals surface area contributed by atoms with E-state index < -0.39 is 30.5 Å². The molecule has 7 heteroatoms. The molecule has 6 unspecified atom stereocenters. The molecule has 0 saturated carbocycles. The first-order valence-corrected chi connectivity index (χ1v) is 10.4. The van der Waals surface area contributed by atoms with Gasteiger partial charge >= 0.3 is 0 Å². The Labute approximate surface area is 176 Å². The number of rotatable bonds is 4. The zero-order valence-electron chi connectivity index (χ0n) is 17.4. The molecule has 7 nitrogen and oxygen atoms in total. The standard InChI is InChI=1S/C23H32O7/c1-11-5-14(9-13-3-4-17(24)22(29)20(13)27)19(26)15(6-11)10-16-7-12(2)8-18(25)23(30)21(16)28/h5,7-8,11,17-18,21-30H,3-4,6,9-10H2,1-2H3. The van der Waals surface area contributed by atoms with Gasteiger partial charge in [-0.05, 0) is 60.8 Å². The summed E-state index contributed by atoms with van der Waals surface area (Å²) in [5.41, 5.74) is 3.16. The normalized spacial score (nSPS) is 35.6. The Morgan fingerprint density at radius 3 is 2.33 bits per heavy atom. The first-order chi connectivity index (χ1) is 14.1. The lowest BCUT2D eigenvalue weighted by molar-refractivity contribution is -0.0254. The lowest BCUT2D eigenvalue weighted by Gasteiger charge is -2.29.